The van der Waals surface area contributed by atoms with Crippen LogP contribution in [0.2, 0.25) is 0 Å². The molecule has 1 heterocycles. The van der Waals surface area contributed by atoms with E-state index in [0.717, 1.165) is 18.4 Å². The lowest BCUT2D eigenvalue weighted by molar-refractivity contribution is 0.149. The summed E-state index contributed by atoms with van der Waals surface area (Å²) >= 11 is 0. The standard InChI is InChI=1S/C17H21FN4O/c18-13-8-6-12(7-9-13)10-20-16-15(19)17(22-11-21-16)23-14-4-2-1-3-5-14/h6-9,11,14H,1-5,10,19H2,(H,20,21,22). The second kappa shape index (κ2) is 7.26. The lowest BCUT2D eigenvalue weighted by Gasteiger charge is -2.23. The van der Waals surface area contributed by atoms with E-state index in [0.29, 0.717) is 23.9 Å². The van der Waals surface area contributed by atoms with Gasteiger partial charge in [0, 0.05) is 6.54 Å². The predicted octanol–water partition coefficient (Wildman–Crippen LogP) is 3.52. The third kappa shape index (κ3) is 4.09. The van der Waals surface area contributed by atoms with E-state index in [1.165, 1.54) is 37.7 Å². The van der Waals surface area contributed by atoms with Crippen molar-refractivity contribution < 1.29 is 9.13 Å². The molecule has 0 saturated heterocycles. The number of hydrogen-bond acceptors (Lipinski definition) is 5. The number of nitrogens with one attached hydrogen (secondary N) is 1. The van der Waals surface area contributed by atoms with Gasteiger partial charge in [-0.1, -0.05) is 18.6 Å². The minimum absolute atomic E-state index is 0.186. The largest absolute Gasteiger partial charge is 0.473 e. The molecule has 23 heavy (non-hydrogen) atoms. The van der Waals surface area contributed by atoms with Gasteiger partial charge in [-0.15, -0.1) is 0 Å². The van der Waals surface area contributed by atoms with Crippen molar-refractivity contribution in [3.05, 3.63) is 42.0 Å². The molecule has 0 radical (unpaired) electrons. The zero-order chi connectivity index (χ0) is 16.1. The number of halogens is 1. The summed E-state index contributed by atoms with van der Waals surface area (Å²) in [6.45, 7) is 0.504. The van der Waals surface area contributed by atoms with Crippen LogP contribution in [-0.2, 0) is 6.54 Å². The van der Waals surface area contributed by atoms with Crippen molar-refractivity contribution in [3.63, 3.8) is 0 Å². The quantitative estimate of drug-likeness (QED) is 0.883. The monoisotopic (exact) mass is 316 g/mol. The van der Waals surface area contributed by atoms with Crippen molar-refractivity contribution in [1.29, 1.82) is 0 Å². The summed E-state index contributed by atoms with van der Waals surface area (Å²) in [6, 6.07) is 6.30. The van der Waals surface area contributed by atoms with Gasteiger partial charge in [-0.2, -0.15) is 4.98 Å². The van der Waals surface area contributed by atoms with Gasteiger partial charge in [0.25, 0.3) is 0 Å². The van der Waals surface area contributed by atoms with E-state index < -0.39 is 0 Å². The van der Waals surface area contributed by atoms with Crippen LogP contribution in [0.3, 0.4) is 0 Å². The van der Waals surface area contributed by atoms with E-state index in [1.54, 1.807) is 12.1 Å². The van der Waals surface area contributed by atoms with E-state index in [1.807, 2.05) is 0 Å². The van der Waals surface area contributed by atoms with Crippen LogP contribution in [0.4, 0.5) is 15.9 Å². The zero-order valence-electron chi connectivity index (χ0n) is 13.0. The fraction of sp³-hybridized carbons (Fsp3) is 0.412. The number of nitrogens with two attached hydrogens (primary N) is 1. The highest BCUT2D eigenvalue weighted by molar-refractivity contribution is 5.66. The van der Waals surface area contributed by atoms with E-state index in [9.17, 15) is 4.39 Å². The molecule has 1 aromatic heterocycles. The Balaban J connectivity index is 1.65. The Morgan fingerprint density at radius 3 is 2.61 bits per heavy atom. The SMILES string of the molecule is Nc1c(NCc2ccc(F)cc2)ncnc1OC1CCCCC1. The summed E-state index contributed by atoms with van der Waals surface area (Å²) in [5.41, 5.74) is 7.48. The third-order valence-corrected chi connectivity index (χ3v) is 4.05. The molecular weight excluding hydrogens is 295 g/mol. The van der Waals surface area contributed by atoms with E-state index >= 15 is 0 Å². The van der Waals surface area contributed by atoms with Crippen LogP contribution in [0.15, 0.2) is 30.6 Å². The van der Waals surface area contributed by atoms with Crippen molar-refractivity contribution in [3.8, 4) is 5.88 Å². The van der Waals surface area contributed by atoms with Gasteiger partial charge in [-0.3, -0.25) is 0 Å². The topological polar surface area (TPSA) is 73.1 Å². The van der Waals surface area contributed by atoms with Gasteiger partial charge in [0.05, 0.1) is 0 Å². The van der Waals surface area contributed by atoms with Crippen molar-refractivity contribution in [1.82, 2.24) is 9.97 Å². The molecule has 1 fully saturated rings. The van der Waals surface area contributed by atoms with Crippen LogP contribution in [0.5, 0.6) is 5.88 Å². The maximum absolute atomic E-state index is 12.9. The molecule has 5 nitrogen and oxygen atoms in total. The molecule has 0 unspecified atom stereocenters. The first kappa shape index (κ1) is 15.5. The lowest BCUT2D eigenvalue weighted by atomic mass is 9.98. The summed E-state index contributed by atoms with van der Waals surface area (Å²) in [6.07, 6.45) is 7.36. The van der Waals surface area contributed by atoms with Gasteiger partial charge in [0.2, 0.25) is 5.88 Å². The molecule has 0 atom stereocenters. The van der Waals surface area contributed by atoms with Crippen molar-refractivity contribution in [2.45, 2.75) is 44.8 Å². The fourth-order valence-electron chi connectivity index (χ4n) is 2.74. The zero-order valence-corrected chi connectivity index (χ0v) is 13.0. The molecule has 0 bridgehead atoms. The second-order valence-corrected chi connectivity index (χ2v) is 5.80. The number of rotatable bonds is 5. The molecule has 3 N–H and O–H groups in total. The van der Waals surface area contributed by atoms with E-state index in [-0.39, 0.29) is 11.9 Å². The first-order valence-electron chi connectivity index (χ1n) is 7.98. The van der Waals surface area contributed by atoms with Crippen molar-refractivity contribution in [2.75, 3.05) is 11.1 Å². The van der Waals surface area contributed by atoms with Crippen LogP contribution in [-0.4, -0.2) is 16.1 Å². The molecule has 1 saturated carbocycles. The number of benzene rings is 1. The Kier molecular flexibility index (Phi) is 4.90. The normalized spacial score (nSPS) is 15.3. The number of nitrogen functional groups attached to an aromatic ring is 1. The highest BCUT2D eigenvalue weighted by Crippen LogP contribution is 2.29. The average molecular weight is 316 g/mol. The Hall–Kier alpha value is -2.37. The highest BCUT2D eigenvalue weighted by Gasteiger charge is 2.18. The first-order valence-corrected chi connectivity index (χ1v) is 7.98. The molecule has 1 aliphatic carbocycles. The summed E-state index contributed by atoms with van der Waals surface area (Å²) in [7, 11) is 0. The lowest BCUT2D eigenvalue weighted by Crippen LogP contribution is -2.21. The van der Waals surface area contributed by atoms with E-state index in [4.69, 9.17) is 10.5 Å². The van der Waals surface area contributed by atoms with Crippen molar-refractivity contribution in [2.24, 2.45) is 0 Å². The number of hydrogen-bond donors (Lipinski definition) is 2. The first-order chi connectivity index (χ1) is 11.2. The molecule has 1 aromatic carbocycles. The average Bonchev–Trinajstić information content (AvgIpc) is 2.58. The summed E-state index contributed by atoms with van der Waals surface area (Å²) < 4.78 is 18.8. The van der Waals surface area contributed by atoms with Gasteiger partial charge >= 0.3 is 0 Å². The van der Waals surface area contributed by atoms with Crippen LogP contribution in [0.1, 0.15) is 37.7 Å². The van der Waals surface area contributed by atoms with Gasteiger partial charge in [0.15, 0.2) is 5.82 Å². The molecule has 2 aromatic rings. The minimum Gasteiger partial charge on any atom is -0.473 e. The van der Waals surface area contributed by atoms with Crippen LogP contribution < -0.4 is 15.8 Å². The molecule has 0 amide bonds. The Bertz CT molecular complexity index is 642. The Morgan fingerprint density at radius 1 is 1.13 bits per heavy atom. The molecule has 0 spiro atoms. The minimum atomic E-state index is -0.251. The van der Waals surface area contributed by atoms with Crippen LogP contribution in [0, 0.1) is 5.82 Å². The number of ether oxygens (including phenoxy) is 1. The van der Waals surface area contributed by atoms with Gasteiger partial charge in [-0.25, -0.2) is 9.37 Å². The van der Waals surface area contributed by atoms with Gasteiger partial charge < -0.3 is 15.8 Å². The number of nitrogens with zero attached hydrogens (tertiary/aromatic N) is 2. The second-order valence-electron chi connectivity index (χ2n) is 5.80. The van der Waals surface area contributed by atoms with Crippen molar-refractivity contribution >= 4 is 11.5 Å². The summed E-state index contributed by atoms with van der Waals surface area (Å²) in [4.78, 5) is 8.32. The smallest absolute Gasteiger partial charge is 0.242 e. The molecule has 0 aliphatic heterocycles. The maximum atomic E-state index is 12.9. The molecule has 122 valence electrons. The number of aromatic nitrogens is 2. The van der Waals surface area contributed by atoms with E-state index in [2.05, 4.69) is 15.3 Å². The summed E-state index contributed by atoms with van der Waals surface area (Å²) in [5, 5.41) is 3.15. The van der Waals surface area contributed by atoms with Gasteiger partial charge in [-0.05, 0) is 43.4 Å². The molecule has 1 aliphatic rings. The third-order valence-electron chi connectivity index (χ3n) is 4.05. The Morgan fingerprint density at radius 2 is 1.87 bits per heavy atom. The number of anilines is 2. The molecule has 3 rings (SSSR count). The van der Waals surface area contributed by atoms with Crippen LogP contribution >= 0.6 is 0 Å². The Labute approximate surface area is 135 Å². The predicted molar refractivity (Wildman–Crippen MR) is 87.7 cm³/mol. The fourth-order valence-corrected chi connectivity index (χ4v) is 2.74. The highest BCUT2D eigenvalue weighted by atomic mass is 19.1. The summed E-state index contributed by atoms with van der Waals surface area (Å²) in [5.74, 6) is 0.724. The maximum Gasteiger partial charge on any atom is 0.242 e. The van der Waals surface area contributed by atoms with Crippen LogP contribution in [0.25, 0.3) is 0 Å². The molecular formula is C17H21FN4O. The van der Waals surface area contributed by atoms with Gasteiger partial charge in [0.1, 0.15) is 23.9 Å². The molecule has 6 heteroatoms.